The summed E-state index contributed by atoms with van der Waals surface area (Å²) in [6.45, 7) is 4.30. The van der Waals surface area contributed by atoms with Crippen LogP contribution in [-0.2, 0) is 5.60 Å². The molecule has 1 nitrogen and oxygen atoms in total. The van der Waals surface area contributed by atoms with Crippen LogP contribution in [0.3, 0.4) is 0 Å². The van der Waals surface area contributed by atoms with Crippen molar-refractivity contribution in [1.29, 1.82) is 0 Å². The van der Waals surface area contributed by atoms with Crippen LogP contribution in [0.15, 0.2) is 30.3 Å². The van der Waals surface area contributed by atoms with Crippen LogP contribution < -0.4 is 0 Å². The molecule has 0 aliphatic carbocycles. The molecule has 0 saturated carbocycles. The van der Waals surface area contributed by atoms with Crippen molar-refractivity contribution < 1.29 is 5.11 Å². The lowest BCUT2D eigenvalue weighted by Gasteiger charge is -2.27. The molecule has 1 aromatic carbocycles. The van der Waals surface area contributed by atoms with Crippen LogP contribution in [0, 0.1) is 0 Å². The lowest BCUT2D eigenvalue weighted by atomic mass is 9.86. The molecule has 1 aromatic rings. The molecule has 1 N–H and O–H groups in total. The van der Waals surface area contributed by atoms with E-state index < -0.39 is 5.60 Å². The monoisotopic (exact) mass is 234 g/mol. The molecule has 1 atom stereocenters. The van der Waals surface area contributed by atoms with Crippen LogP contribution >= 0.6 is 0 Å². The van der Waals surface area contributed by atoms with Crippen molar-refractivity contribution in [1.82, 2.24) is 0 Å². The largest absolute Gasteiger partial charge is 0.385 e. The summed E-state index contributed by atoms with van der Waals surface area (Å²) in [5.41, 5.74) is 0.450. The van der Waals surface area contributed by atoms with E-state index in [-0.39, 0.29) is 0 Å². The van der Waals surface area contributed by atoms with Gasteiger partial charge in [-0.1, -0.05) is 76.3 Å². The molecular weight excluding hydrogens is 208 g/mol. The van der Waals surface area contributed by atoms with Crippen molar-refractivity contribution in [2.75, 3.05) is 0 Å². The van der Waals surface area contributed by atoms with Crippen molar-refractivity contribution in [2.24, 2.45) is 0 Å². The third-order valence-electron chi connectivity index (χ3n) is 3.59. The van der Waals surface area contributed by atoms with Crippen LogP contribution in [0.4, 0.5) is 0 Å². The van der Waals surface area contributed by atoms with Gasteiger partial charge in [0.05, 0.1) is 5.60 Å². The Hall–Kier alpha value is -0.820. The van der Waals surface area contributed by atoms with E-state index in [2.05, 4.69) is 13.8 Å². The summed E-state index contributed by atoms with van der Waals surface area (Å²) < 4.78 is 0. The van der Waals surface area contributed by atoms with E-state index in [1.54, 1.807) is 0 Å². The predicted octanol–water partition coefficient (Wildman–Crippen LogP) is 4.64. The minimum atomic E-state index is -0.618. The molecule has 0 fully saturated rings. The van der Waals surface area contributed by atoms with E-state index in [1.165, 1.54) is 25.7 Å². The van der Waals surface area contributed by atoms with E-state index in [9.17, 15) is 5.11 Å². The molecule has 1 unspecified atom stereocenters. The minimum Gasteiger partial charge on any atom is -0.385 e. The first-order valence-corrected chi connectivity index (χ1v) is 7.01. The standard InChI is InChI=1S/C16H26O/c1-3-5-6-7-11-14-16(17,4-2)15-12-9-8-10-13-15/h8-10,12-13,17H,3-7,11,14H2,1-2H3. The topological polar surface area (TPSA) is 20.2 Å². The lowest BCUT2D eigenvalue weighted by Crippen LogP contribution is -2.24. The Kier molecular flexibility index (Phi) is 6.28. The van der Waals surface area contributed by atoms with Gasteiger partial charge in [-0.25, -0.2) is 0 Å². The molecular formula is C16H26O. The van der Waals surface area contributed by atoms with Gasteiger partial charge in [-0.15, -0.1) is 0 Å². The quantitative estimate of drug-likeness (QED) is 0.649. The van der Waals surface area contributed by atoms with Crippen LogP contribution in [0.1, 0.15) is 64.4 Å². The molecule has 17 heavy (non-hydrogen) atoms. The second-order valence-corrected chi connectivity index (χ2v) is 4.92. The van der Waals surface area contributed by atoms with Crippen molar-refractivity contribution in [2.45, 2.75) is 64.4 Å². The number of hydrogen-bond acceptors (Lipinski definition) is 1. The maximum absolute atomic E-state index is 10.6. The second kappa shape index (κ2) is 7.50. The molecule has 0 aliphatic rings. The minimum absolute atomic E-state index is 0.618. The van der Waals surface area contributed by atoms with Gasteiger partial charge < -0.3 is 5.11 Å². The summed E-state index contributed by atoms with van der Waals surface area (Å²) >= 11 is 0. The average molecular weight is 234 g/mol. The normalized spacial score (nSPS) is 14.5. The molecule has 0 heterocycles. The Balaban J connectivity index is 2.46. The van der Waals surface area contributed by atoms with Crippen LogP contribution in [-0.4, -0.2) is 5.11 Å². The van der Waals surface area contributed by atoms with Crippen LogP contribution in [0.5, 0.6) is 0 Å². The van der Waals surface area contributed by atoms with Crippen LogP contribution in [0.2, 0.25) is 0 Å². The van der Waals surface area contributed by atoms with Crippen molar-refractivity contribution >= 4 is 0 Å². The molecule has 0 aliphatic heterocycles. The Morgan fingerprint density at radius 1 is 0.941 bits per heavy atom. The maximum atomic E-state index is 10.6. The number of benzene rings is 1. The van der Waals surface area contributed by atoms with Gasteiger partial charge in [0, 0.05) is 0 Å². The van der Waals surface area contributed by atoms with Crippen LogP contribution in [0.25, 0.3) is 0 Å². The highest BCUT2D eigenvalue weighted by Crippen LogP contribution is 2.30. The van der Waals surface area contributed by atoms with E-state index in [0.717, 1.165) is 24.8 Å². The summed E-state index contributed by atoms with van der Waals surface area (Å²) in [4.78, 5) is 0. The SMILES string of the molecule is CCCCCCCC(O)(CC)c1ccccc1. The van der Waals surface area contributed by atoms with E-state index in [0.29, 0.717) is 0 Å². The summed E-state index contributed by atoms with van der Waals surface area (Å²) in [6.07, 6.45) is 7.93. The third-order valence-corrected chi connectivity index (χ3v) is 3.59. The van der Waals surface area contributed by atoms with E-state index in [1.807, 2.05) is 30.3 Å². The Morgan fingerprint density at radius 2 is 1.59 bits per heavy atom. The van der Waals surface area contributed by atoms with Gasteiger partial charge in [-0.2, -0.15) is 0 Å². The highest BCUT2D eigenvalue weighted by Gasteiger charge is 2.25. The zero-order valence-corrected chi connectivity index (χ0v) is 11.3. The molecule has 0 radical (unpaired) electrons. The Labute approximate surface area is 106 Å². The molecule has 0 aromatic heterocycles. The highest BCUT2D eigenvalue weighted by molar-refractivity contribution is 5.21. The van der Waals surface area contributed by atoms with Gasteiger partial charge in [0.1, 0.15) is 0 Å². The fourth-order valence-corrected chi connectivity index (χ4v) is 2.29. The molecule has 0 bridgehead atoms. The molecule has 96 valence electrons. The van der Waals surface area contributed by atoms with Gasteiger partial charge >= 0.3 is 0 Å². The summed E-state index contributed by atoms with van der Waals surface area (Å²) in [6, 6.07) is 10.1. The Morgan fingerprint density at radius 3 is 2.18 bits per heavy atom. The average Bonchev–Trinajstić information content (AvgIpc) is 2.39. The van der Waals surface area contributed by atoms with Gasteiger partial charge in [-0.3, -0.25) is 0 Å². The number of unbranched alkanes of at least 4 members (excludes halogenated alkanes) is 4. The summed E-state index contributed by atoms with van der Waals surface area (Å²) in [7, 11) is 0. The highest BCUT2D eigenvalue weighted by atomic mass is 16.3. The smallest absolute Gasteiger partial charge is 0.0893 e. The summed E-state index contributed by atoms with van der Waals surface area (Å²) in [5, 5.41) is 10.6. The number of rotatable bonds is 8. The maximum Gasteiger partial charge on any atom is 0.0893 e. The molecule has 0 amide bonds. The fourth-order valence-electron chi connectivity index (χ4n) is 2.29. The van der Waals surface area contributed by atoms with Crippen molar-refractivity contribution in [3.8, 4) is 0 Å². The van der Waals surface area contributed by atoms with Gasteiger partial charge in [0.25, 0.3) is 0 Å². The van der Waals surface area contributed by atoms with Gasteiger partial charge in [0.2, 0.25) is 0 Å². The Bertz CT molecular complexity index is 294. The number of aliphatic hydroxyl groups is 1. The lowest BCUT2D eigenvalue weighted by molar-refractivity contribution is 0.0207. The first-order valence-electron chi connectivity index (χ1n) is 7.01. The first kappa shape index (κ1) is 14.2. The third kappa shape index (κ3) is 4.51. The second-order valence-electron chi connectivity index (χ2n) is 4.92. The zero-order chi connectivity index (χ0) is 12.6. The first-order chi connectivity index (χ1) is 8.23. The van der Waals surface area contributed by atoms with Gasteiger partial charge in [-0.05, 0) is 18.4 Å². The molecule has 1 heteroatoms. The van der Waals surface area contributed by atoms with E-state index >= 15 is 0 Å². The van der Waals surface area contributed by atoms with Crippen molar-refractivity contribution in [3.63, 3.8) is 0 Å². The zero-order valence-electron chi connectivity index (χ0n) is 11.3. The predicted molar refractivity (Wildman–Crippen MR) is 74.0 cm³/mol. The van der Waals surface area contributed by atoms with Gasteiger partial charge in [0.15, 0.2) is 0 Å². The molecule has 0 spiro atoms. The summed E-state index contributed by atoms with van der Waals surface area (Å²) in [5.74, 6) is 0. The molecule has 0 saturated heterocycles. The fraction of sp³-hybridized carbons (Fsp3) is 0.625. The molecule has 1 rings (SSSR count). The van der Waals surface area contributed by atoms with E-state index in [4.69, 9.17) is 0 Å². The van der Waals surface area contributed by atoms with Crippen molar-refractivity contribution in [3.05, 3.63) is 35.9 Å². The number of hydrogen-bond donors (Lipinski definition) is 1.